The number of benzene rings is 2. The Labute approximate surface area is 142 Å². The Morgan fingerprint density at radius 3 is 1.88 bits per heavy atom. The molecule has 6 nitrogen and oxygen atoms in total. The number of hydrogen-bond acceptors (Lipinski definition) is 5. The predicted octanol–water partition coefficient (Wildman–Crippen LogP) is 1.67. The summed E-state index contributed by atoms with van der Waals surface area (Å²) in [5.74, 6) is 0. The molecule has 0 aliphatic rings. The number of sulfonamides is 1. The fourth-order valence-corrected chi connectivity index (χ4v) is 4.34. The Hall–Kier alpha value is -1.90. The standard InChI is InChI=1S/C16H19NO5S2/c1-13(18)12-17(14-6-4-3-5-7-14)24(21,22)16-10-8-15(9-11-16)23(2,19)20/h3-11,13,18H,12H2,1-2H3/t13-/m1/s1. The molecule has 1 N–H and O–H groups in total. The molecule has 0 saturated carbocycles. The topological polar surface area (TPSA) is 91.8 Å². The molecule has 0 saturated heterocycles. The van der Waals surface area contributed by atoms with Gasteiger partial charge in [-0.1, -0.05) is 18.2 Å². The third kappa shape index (κ3) is 4.14. The van der Waals surface area contributed by atoms with Gasteiger partial charge in [0.05, 0.1) is 28.1 Å². The molecule has 0 spiro atoms. The molecule has 130 valence electrons. The van der Waals surface area contributed by atoms with Crippen LogP contribution >= 0.6 is 0 Å². The van der Waals surface area contributed by atoms with Crippen LogP contribution in [0.5, 0.6) is 0 Å². The first-order valence-electron chi connectivity index (χ1n) is 7.18. The zero-order valence-electron chi connectivity index (χ0n) is 13.3. The van der Waals surface area contributed by atoms with Gasteiger partial charge in [0.15, 0.2) is 9.84 Å². The Morgan fingerprint density at radius 2 is 1.42 bits per heavy atom. The smallest absolute Gasteiger partial charge is 0.264 e. The van der Waals surface area contributed by atoms with Crippen LogP contribution in [0, 0.1) is 0 Å². The van der Waals surface area contributed by atoms with E-state index in [1.54, 1.807) is 30.3 Å². The highest BCUT2D eigenvalue weighted by Crippen LogP contribution is 2.24. The van der Waals surface area contributed by atoms with Crippen molar-refractivity contribution >= 4 is 25.5 Å². The van der Waals surface area contributed by atoms with Crippen molar-refractivity contribution in [1.29, 1.82) is 0 Å². The summed E-state index contributed by atoms with van der Waals surface area (Å²) in [7, 11) is -7.34. The first-order valence-corrected chi connectivity index (χ1v) is 10.5. The first-order chi connectivity index (χ1) is 11.1. The number of anilines is 1. The second kappa shape index (κ2) is 6.92. The van der Waals surface area contributed by atoms with E-state index in [9.17, 15) is 21.9 Å². The van der Waals surface area contributed by atoms with Crippen molar-refractivity contribution in [3.05, 3.63) is 54.6 Å². The molecule has 24 heavy (non-hydrogen) atoms. The summed E-state index contributed by atoms with van der Waals surface area (Å²) >= 11 is 0. The maximum atomic E-state index is 12.9. The minimum Gasteiger partial charge on any atom is -0.392 e. The lowest BCUT2D eigenvalue weighted by atomic mass is 10.3. The van der Waals surface area contributed by atoms with Crippen molar-refractivity contribution in [3.63, 3.8) is 0 Å². The highest BCUT2D eigenvalue weighted by atomic mass is 32.2. The molecule has 0 heterocycles. The maximum Gasteiger partial charge on any atom is 0.264 e. The summed E-state index contributed by atoms with van der Waals surface area (Å²) < 4.78 is 49.9. The van der Waals surface area contributed by atoms with Crippen LogP contribution < -0.4 is 4.31 Å². The average Bonchev–Trinajstić information content (AvgIpc) is 2.52. The Balaban J connectivity index is 2.48. The van der Waals surface area contributed by atoms with Gasteiger partial charge < -0.3 is 5.11 Å². The third-order valence-electron chi connectivity index (χ3n) is 3.31. The van der Waals surface area contributed by atoms with Crippen LogP contribution in [0.3, 0.4) is 0 Å². The summed E-state index contributed by atoms with van der Waals surface area (Å²) in [6.07, 6.45) is 0.190. The highest BCUT2D eigenvalue weighted by Gasteiger charge is 2.26. The Kier molecular flexibility index (Phi) is 5.32. The molecule has 0 bridgehead atoms. The largest absolute Gasteiger partial charge is 0.392 e. The fraction of sp³-hybridized carbons (Fsp3) is 0.250. The fourth-order valence-electron chi connectivity index (χ4n) is 2.16. The van der Waals surface area contributed by atoms with E-state index in [-0.39, 0.29) is 16.3 Å². The monoisotopic (exact) mass is 369 g/mol. The zero-order chi connectivity index (χ0) is 18.0. The van der Waals surface area contributed by atoms with Crippen molar-refractivity contribution in [3.8, 4) is 0 Å². The number of aliphatic hydroxyl groups excluding tert-OH is 1. The lowest BCUT2D eigenvalue weighted by molar-refractivity contribution is 0.204. The number of nitrogens with zero attached hydrogens (tertiary/aromatic N) is 1. The lowest BCUT2D eigenvalue weighted by Crippen LogP contribution is -2.36. The molecule has 0 aliphatic carbocycles. The van der Waals surface area contributed by atoms with Crippen molar-refractivity contribution < 1.29 is 21.9 Å². The molecule has 0 aromatic heterocycles. The molecule has 0 radical (unpaired) electrons. The molecular formula is C16H19NO5S2. The van der Waals surface area contributed by atoms with E-state index in [2.05, 4.69) is 0 Å². The molecule has 8 heteroatoms. The van der Waals surface area contributed by atoms with Gasteiger partial charge in [-0.2, -0.15) is 0 Å². The van der Waals surface area contributed by atoms with Crippen LogP contribution in [0.4, 0.5) is 5.69 Å². The number of para-hydroxylation sites is 1. The number of rotatable bonds is 6. The van der Waals surface area contributed by atoms with Gasteiger partial charge in [0.25, 0.3) is 10.0 Å². The summed E-state index contributed by atoms with van der Waals surface area (Å²) in [6.45, 7) is 1.39. The molecule has 2 aromatic carbocycles. The first kappa shape index (κ1) is 18.4. The minimum absolute atomic E-state index is 0.0422. The predicted molar refractivity (Wildman–Crippen MR) is 92.2 cm³/mol. The van der Waals surface area contributed by atoms with E-state index in [1.165, 1.54) is 31.2 Å². The van der Waals surface area contributed by atoms with Crippen LogP contribution in [0.15, 0.2) is 64.4 Å². The van der Waals surface area contributed by atoms with E-state index >= 15 is 0 Å². The van der Waals surface area contributed by atoms with Gasteiger partial charge in [-0.3, -0.25) is 4.31 Å². The lowest BCUT2D eigenvalue weighted by Gasteiger charge is -2.25. The number of hydrogen-bond donors (Lipinski definition) is 1. The molecule has 2 rings (SSSR count). The van der Waals surface area contributed by atoms with Crippen LogP contribution in [-0.2, 0) is 19.9 Å². The molecular weight excluding hydrogens is 350 g/mol. The second-order valence-corrected chi connectivity index (χ2v) is 9.34. The summed E-state index contributed by atoms with van der Waals surface area (Å²) in [4.78, 5) is 0.00244. The molecule has 0 unspecified atom stereocenters. The quantitative estimate of drug-likeness (QED) is 0.836. The van der Waals surface area contributed by atoms with Gasteiger partial charge in [-0.15, -0.1) is 0 Å². The van der Waals surface area contributed by atoms with Gasteiger partial charge in [-0.25, -0.2) is 16.8 Å². The Bertz CT molecular complexity index is 889. The zero-order valence-corrected chi connectivity index (χ0v) is 15.0. The summed E-state index contributed by atoms with van der Waals surface area (Å²) in [5, 5.41) is 9.66. The molecule has 2 aromatic rings. The van der Waals surface area contributed by atoms with Crippen molar-refractivity contribution in [1.82, 2.24) is 0 Å². The van der Waals surface area contributed by atoms with Gasteiger partial charge in [0.1, 0.15) is 0 Å². The minimum atomic E-state index is -3.93. The normalized spacial score (nSPS) is 13.5. The summed E-state index contributed by atoms with van der Waals surface area (Å²) in [6, 6.07) is 13.4. The maximum absolute atomic E-state index is 12.9. The van der Waals surface area contributed by atoms with Crippen molar-refractivity contribution in [2.24, 2.45) is 0 Å². The van der Waals surface area contributed by atoms with E-state index in [0.29, 0.717) is 5.69 Å². The van der Waals surface area contributed by atoms with Gasteiger partial charge in [0, 0.05) is 6.26 Å². The Morgan fingerprint density at radius 1 is 0.917 bits per heavy atom. The molecule has 0 amide bonds. The van der Waals surface area contributed by atoms with Crippen LogP contribution in [0.1, 0.15) is 6.92 Å². The SMILES string of the molecule is C[C@@H](O)CN(c1ccccc1)S(=O)(=O)c1ccc(S(C)(=O)=O)cc1. The molecule has 1 atom stereocenters. The molecule has 0 aliphatic heterocycles. The van der Waals surface area contributed by atoms with Gasteiger partial charge in [0.2, 0.25) is 0 Å². The molecule has 0 fully saturated rings. The van der Waals surface area contributed by atoms with Crippen LogP contribution in [-0.4, -0.2) is 40.8 Å². The number of sulfone groups is 1. The third-order valence-corrected chi connectivity index (χ3v) is 6.25. The summed E-state index contributed by atoms with van der Waals surface area (Å²) in [5.41, 5.74) is 0.422. The van der Waals surface area contributed by atoms with E-state index < -0.39 is 26.0 Å². The van der Waals surface area contributed by atoms with E-state index in [0.717, 1.165) is 10.6 Å². The van der Waals surface area contributed by atoms with Crippen molar-refractivity contribution in [2.75, 3.05) is 17.1 Å². The van der Waals surface area contributed by atoms with E-state index in [4.69, 9.17) is 0 Å². The van der Waals surface area contributed by atoms with Gasteiger partial charge >= 0.3 is 0 Å². The van der Waals surface area contributed by atoms with Crippen LogP contribution in [0.25, 0.3) is 0 Å². The van der Waals surface area contributed by atoms with Crippen LogP contribution in [0.2, 0.25) is 0 Å². The average molecular weight is 369 g/mol. The van der Waals surface area contributed by atoms with Gasteiger partial charge in [-0.05, 0) is 43.3 Å². The number of aliphatic hydroxyl groups is 1. The highest BCUT2D eigenvalue weighted by molar-refractivity contribution is 7.93. The van der Waals surface area contributed by atoms with E-state index in [1.807, 2.05) is 0 Å². The second-order valence-electron chi connectivity index (χ2n) is 5.46. The van der Waals surface area contributed by atoms with Crippen molar-refractivity contribution in [2.45, 2.75) is 22.8 Å².